The van der Waals surface area contributed by atoms with Crippen LogP contribution in [0.2, 0.25) is 0 Å². The first-order valence-electron chi connectivity index (χ1n) is 14.7. The average molecular weight is 520 g/mol. The summed E-state index contributed by atoms with van der Waals surface area (Å²) < 4.78 is 6.54. The van der Waals surface area contributed by atoms with Crippen molar-refractivity contribution in [1.82, 2.24) is 10.2 Å². The van der Waals surface area contributed by atoms with Crippen LogP contribution in [0.5, 0.6) is 0 Å². The van der Waals surface area contributed by atoms with E-state index < -0.39 is 29.6 Å². The Morgan fingerprint density at radius 2 is 1.63 bits per heavy atom. The third-order valence-corrected chi connectivity index (χ3v) is 9.68. The summed E-state index contributed by atoms with van der Waals surface area (Å²) in [6.45, 7) is 6.25. The average Bonchev–Trinajstić information content (AvgIpc) is 3.52. The summed E-state index contributed by atoms with van der Waals surface area (Å²) in [4.78, 5) is 43.9. The topological polar surface area (TPSA) is 87.7 Å². The number of amides is 3. The number of fused-ring (bicyclic) bond motifs is 1. The van der Waals surface area contributed by atoms with E-state index in [9.17, 15) is 14.4 Å². The zero-order chi connectivity index (χ0) is 26.6. The Balaban J connectivity index is 1.32. The van der Waals surface area contributed by atoms with E-state index in [0.29, 0.717) is 5.92 Å². The lowest BCUT2D eigenvalue weighted by Crippen LogP contribution is -2.58. The SMILES string of the molecule is Cc1cc(C)cc(NC(=O)[C@@H]2[C@@H]3C=C[C@]4(O3)[C@@H]2C(=O)N(C2CCC(C)CC2)[C@@H]4C(=O)NC2CCCCC2)c1. The molecule has 0 unspecified atom stereocenters. The molecule has 2 aliphatic carbocycles. The monoisotopic (exact) mass is 519 g/mol. The highest BCUT2D eigenvalue weighted by Gasteiger charge is 2.73. The molecule has 7 nitrogen and oxygen atoms in total. The van der Waals surface area contributed by atoms with E-state index in [0.717, 1.165) is 68.2 Å². The zero-order valence-corrected chi connectivity index (χ0v) is 22.9. The first kappa shape index (κ1) is 25.6. The fourth-order valence-electron chi connectivity index (χ4n) is 7.92. The summed E-state index contributed by atoms with van der Waals surface area (Å²) in [5.74, 6) is -1.15. The fraction of sp³-hybridized carbons (Fsp3) is 0.645. The van der Waals surface area contributed by atoms with Gasteiger partial charge in [-0.05, 0) is 81.5 Å². The second-order valence-corrected chi connectivity index (χ2v) is 12.6. The Kier molecular flexibility index (Phi) is 6.61. The maximum absolute atomic E-state index is 14.3. The van der Waals surface area contributed by atoms with Crippen molar-refractivity contribution in [1.29, 1.82) is 0 Å². The number of benzene rings is 1. The fourth-order valence-corrected chi connectivity index (χ4v) is 7.92. The van der Waals surface area contributed by atoms with Gasteiger partial charge in [0.25, 0.3) is 0 Å². The van der Waals surface area contributed by atoms with Crippen molar-refractivity contribution in [2.45, 2.75) is 108 Å². The molecule has 3 heterocycles. The van der Waals surface area contributed by atoms with Crippen LogP contribution in [0.4, 0.5) is 5.69 Å². The number of rotatable bonds is 5. The molecule has 1 aromatic rings. The molecule has 4 fully saturated rings. The molecule has 7 heteroatoms. The van der Waals surface area contributed by atoms with Crippen LogP contribution in [-0.4, -0.2) is 52.5 Å². The number of nitrogens with one attached hydrogen (secondary N) is 2. The van der Waals surface area contributed by atoms with Gasteiger partial charge in [-0.3, -0.25) is 14.4 Å². The lowest BCUT2D eigenvalue weighted by atomic mass is 9.74. The smallest absolute Gasteiger partial charge is 0.246 e. The van der Waals surface area contributed by atoms with Crippen LogP contribution in [-0.2, 0) is 19.1 Å². The Hall–Kier alpha value is -2.67. The molecular formula is C31H41N3O4. The molecule has 38 heavy (non-hydrogen) atoms. The molecule has 204 valence electrons. The zero-order valence-electron chi connectivity index (χ0n) is 22.9. The molecule has 1 spiro atoms. The lowest BCUT2D eigenvalue weighted by molar-refractivity contribution is -0.145. The van der Waals surface area contributed by atoms with E-state index in [1.165, 1.54) is 6.42 Å². The number of likely N-dealkylation sites (tertiary alicyclic amines) is 1. The summed E-state index contributed by atoms with van der Waals surface area (Å²) in [5, 5.41) is 6.36. The third-order valence-electron chi connectivity index (χ3n) is 9.68. The maximum atomic E-state index is 14.3. The van der Waals surface area contributed by atoms with Crippen LogP contribution in [0.3, 0.4) is 0 Å². The van der Waals surface area contributed by atoms with Crippen LogP contribution in [0.25, 0.3) is 0 Å². The largest absolute Gasteiger partial charge is 0.359 e. The van der Waals surface area contributed by atoms with Crippen LogP contribution >= 0.6 is 0 Å². The van der Waals surface area contributed by atoms with Gasteiger partial charge in [-0.15, -0.1) is 0 Å². The van der Waals surface area contributed by atoms with Crippen molar-refractivity contribution in [3.8, 4) is 0 Å². The maximum Gasteiger partial charge on any atom is 0.246 e. The van der Waals surface area contributed by atoms with Gasteiger partial charge in [-0.1, -0.05) is 44.4 Å². The number of aryl methyl sites for hydroxylation is 2. The number of ether oxygens (including phenoxy) is 1. The Bertz CT molecular complexity index is 1130. The number of hydrogen-bond donors (Lipinski definition) is 2. The molecule has 3 aliphatic heterocycles. The highest BCUT2D eigenvalue weighted by atomic mass is 16.5. The second kappa shape index (κ2) is 9.82. The van der Waals surface area contributed by atoms with E-state index in [1.807, 2.05) is 43.0 Å². The van der Waals surface area contributed by atoms with Crippen molar-refractivity contribution < 1.29 is 19.1 Å². The quantitative estimate of drug-likeness (QED) is 0.564. The predicted molar refractivity (Wildman–Crippen MR) is 145 cm³/mol. The number of hydrogen-bond acceptors (Lipinski definition) is 4. The van der Waals surface area contributed by atoms with Crippen LogP contribution in [0.1, 0.15) is 75.8 Å². The molecule has 1 aromatic carbocycles. The van der Waals surface area contributed by atoms with Gasteiger partial charge in [0.05, 0.1) is 17.9 Å². The molecule has 0 aromatic heterocycles. The van der Waals surface area contributed by atoms with Gasteiger partial charge in [-0.2, -0.15) is 0 Å². The highest BCUT2D eigenvalue weighted by Crippen LogP contribution is 2.56. The molecule has 2 bridgehead atoms. The summed E-state index contributed by atoms with van der Waals surface area (Å²) in [6.07, 6.45) is 12.6. The summed E-state index contributed by atoms with van der Waals surface area (Å²) in [6, 6.07) is 5.35. The summed E-state index contributed by atoms with van der Waals surface area (Å²) in [7, 11) is 0. The van der Waals surface area contributed by atoms with Gasteiger partial charge in [0, 0.05) is 17.8 Å². The van der Waals surface area contributed by atoms with E-state index in [1.54, 1.807) is 0 Å². The Morgan fingerprint density at radius 3 is 2.32 bits per heavy atom. The summed E-state index contributed by atoms with van der Waals surface area (Å²) in [5.41, 5.74) is 1.77. The Labute approximate surface area is 225 Å². The molecule has 0 radical (unpaired) electrons. The lowest BCUT2D eigenvalue weighted by Gasteiger charge is -2.40. The van der Waals surface area contributed by atoms with Gasteiger partial charge in [-0.25, -0.2) is 0 Å². The minimum Gasteiger partial charge on any atom is -0.359 e. The summed E-state index contributed by atoms with van der Waals surface area (Å²) >= 11 is 0. The van der Waals surface area contributed by atoms with E-state index in [4.69, 9.17) is 4.74 Å². The standard InChI is InChI=1S/C31H41N3O4/c1-18-9-11-23(12-10-18)34-27(29(36)32-21-7-5-4-6-8-21)31-14-13-24(38-31)25(26(31)30(34)37)28(35)33-22-16-19(2)15-20(3)17-22/h13-18,21,23-27H,4-12H2,1-3H3,(H,32,36)(H,33,35)/t18?,23?,24-,25+,26-,27+,31-/m0/s1. The number of carbonyl (C=O) groups excluding carboxylic acids is 3. The first-order chi connectivity index (χ1) is 18.3. The highest BCUT2D eigenvalue weighted by molar-refractivity contribution is 6.03. The number of nitrogens with zero attached hydrogens (tertiary/aromatic N) is 1. The molecule has 3 amide bonds. The first-order valence-corrected chi connectivity index (χ1v) is 14.7. The van der Waals surface area contributed by atoms with Crippen molar-refractivity contribution in [3.63, 3.8) is 0 Å². The molecule has 6 rings (SSSR count). The minimum atomic E-state index is -1.09. The van der Waals surface area contributed by atoms with Gasteiger partial charge in [0.1, 0.15) is 11.6 Å². The van der Waals surface area contributed by atoms with Crippen LogP contribution in [0, 0.1) is 31.6 Å². The second-order valence-electron chi connectivity index (χ2n) is 12.6. The van der Waals surface area contributed by atoms with Crippen LogP contribution < -0.4 is 10.6 Å². The molecular weight excluding hydrogens is 478 g/mol. The van der Waals surface area contributed by atoms with Crippen molar-refractivity contribution in [2.24, 2.45) is 17.8 Å². The van der Waals surface area contributed by atoms with E-state index in [-0.39, 0.29) is 29.8 Å². The predicted octanol–water partition coefficient (Wildman–Crippen LogP) is 4.42. The van der Waals surface area contributed by atoms with Gasteiger partial charge >= 0.3 is 0 Å². The van der Waals surface area contributed by atoms with Crippen molar-refractivity contribution in [3.05, 3.63) is 41.5 Å². The molecule has 2 saturated heterocycles. The normalized spacial score (nSPS) is 36.4. The number of anilines is 1. The van der Waals surface area contributed by atoms with Crippen LogP contribution in [0.15, 0.2) is 30.4 Å². The minimum absolute atomic E-state index is 0.0000328. The van der Waals surface area contributed by atoms with E-state index in [2.05, 4.69) is 23.6 Å². The van der Waals surface area contributed by atoms with Gasteiger partial charge < -0.3 is 20.3 Å². The molecule has 5 atom stereocenters. The molecule has 5 aliphatic rings. The molecule has 2 N–H and O–H groups in total. The van der Waals surface area contributed by atoms with E-state index >= 15 is 0 Å². The molecule has 2 saturated carbocycles. The van der Waals surface area contributed by atoms with Crippen molar-refractivity contribution >= 4 is 23.4 Å². The van der Waals surface area contributed by atoms with Crippen molar-refractivity contribution in [2.75, 3.05) is 5.32 Å². The third kappa shape index (κ3) is 4.27. The van der Waals surface area contributed by atoms with Gasteiger partial charge in [0.2, 0.25) is 17.7 Å². The Morgan fingerprint density at radius 1 is 0.947 bits per heavy atom. The van der Waals surface area contributed by atoms with Gasteiger partial charge in [0.15, 0.2) is 0 Å². The number of carbonyl (C=O) groups is 3.